The van der Waals surface area contributed by atoms with Gasteiger partial charge in [-0.15, -0.1) is 0 Å². The molecule has 1 aliphatic rings. The number of amides is 1. The maximum absolute atomic E-state index is 13.4. The van der Waals surface area contributed by atoms with Crippen molar-refractivity contribution in [3.05, 3.63) is 53.6 Å². The van der Waals surface area contributed by atoms with E-state index in [1.54, 1.807) is 6.92 Å². The number of benzene rings is 1. The highest BCUT2D eigenvalue weighted by Crippen LogP contribution is 2.36. The molecule has 0 saturated heterocycles. The Morgan fingerprint density at radius 3 is 2.71 bits per heavy atom. The second-order valence-corrected chi connectivity index (χ2v) is 6.17. The van der Waals surface area contributed by atoms with Crippen LogP contribution in [0.25, 0.3) is 16.9 Å². The van der Waals surface area contributed by atoms with Gasteiger partial charge in [-0.1, -0.05) is 0 Å². The third-order valence-corrected chi connectivity index (χ3v) is 4.15. The van der Waals surface area contributed by atoms with Crippen molar-refractivity contribution in [3.63, 3.8) is 0 Å². The number of carbonyl (C=O) groups is 1. The maximum atomic E-state index is 13.4. The first-order valence-corrected chi connectivity index (χ1v) is 8.09. The number of nitrogens with one attached hydrogen (secondary N) is 1. The number of rotatable bonds is 2. The molecule has 0 aliphatic carbocycles. The fourth-order valence-electron chi connectivity index (χ4n) is 2.88. The molecule has 0 unspecified atom stereocenters. The first kappa shape index (κ1) is 18.0. The van der Waals surface area contributed by atoms with E-state index in [-0.39, 0.29) is 35.1 Å². The normalized spacial score (nSPS) is 13.7. The van der Waals surface area contributed by atoms with Gasteiger partial charge < -0.3 is 10.1 Å². The van der Waals surface area contributed by atoms with Crippen LogP contribution in [0.3, 0.4) is 0 Å². The van der Waals surface area contributed by atoms with Gasteiger partial charge in [-0.25, -0.2) is 14.1 Å². The van der Waals surface area contributed by atoms with Gasteiger partial charge in [-0.3, -0.25) is 4.79 Å². The van der Waals surface area contributed by atoms with Gasteiger partial charge in [0.25, 0.3) is 5.91 Å². The molecule has 4 rings (SSSR count). The molecular weight excluding hydrogens is 380 g/mol. The quantitative estimate of drug-likeness (QED) is 0.675. The average molecular weight is 392 g/mol. The lowest BCUT2D eigenvalue weighted by molar-refractivity contribution is -0.141. The van der Waals surface area contributed by atoms with E-state index in [4.69, 9.17) is 4.74 Å². The molecule has 6 nitrogen and oxygen atoms in total. The van der Waals surface area contributed by atoms with Crippen LogP contribution in [-0.2, 0) is 11.0 Å². The highest BCUT2D eigenvalue weighted by Gasteiger charge is 2.35. The summed E-state index contributed by atoms with van der Waals surface area (Å²) in [4.78, 5) is 15.6. The molecule has 0 radical (unpaired) electrons. The van der Waals surface area contributed by atoms with Crippen LogP contribution < -0.4 is 10.1 Å². The molecule has 144 valence electrons. The van der Waals surface area contributed by atoms with Gasteiger partial charge in [-0.05, 0) is 42.8 Å². The van der Waals surface area contributed by atoms with Crippen molar-refractivity contribution in [2.75, 3.05) is 11.9 Å². The van der Waals surface area contributed by atoms with Crippen LogP contribution in [0.2, 0.25) is 0 Å². The monoisotopic (exact) mass is 392 g/mol. The first-order chi connectivity index (χ1) is 13.2. The van der Waals surface area contributed by atoms with Gasteiger partial charge in [0.15, 0.2) is 12.3 Å². The number of ether oxygens (including phenoxy) is 1. The minimum absolute atomic E-state index is 0.0807. The number of hydrogen-bond acceptors (Lipinski definition) is 4. The van der Waals surface area contributed by atoms with Crippen LogP contribution in [0.4, 0.5) is 23.2 Å². The molecule has 1 N–H and O–H groups in total. The van der Waals surface area contributed by atoms with Gasteiger partial charge >= 0.3 is 6.18 Å². The van der Waals surface area contributed by atoms with Crippen molar-refractivity contribution < 1.29 is 27.1 Å². The number of fused-ring (bicyclic) bond motifs is 1. The predicted octanol–water partition coefficient (Wildman–Crippen LogP) is 3.73. The maximum Gasteiger partial charge on any atom is 0.435 e. The first-order valence-electron chi connectivity index (χ1n) is 8.09. The number of hydrogen-bond donors (Lipinski definition) is 1. The number of pyridine rings is 1. The van der Waals surface area contributed by atoms with Gasteiger partial charge in [0.2, 0.25) is 5.88 Å². The van der Waals surface area contributed by atoms with E-state index in [0.717, 1.165) is 16.8 Å². The largest absolute Gasteiger partial charge is 0.466 e. The lowest BCUT2D eigenvalue weighted by Gasteiger charge is -2.17. The molecule has 1 aromatic carbocycles. The third-order valence-electron chi connectivity index (χ3n) is 4.15. The average Bonchev–Trinajstić information content (AvgIpc) is 3.06. The van der Waals surface area contributed by atoms with Crippen LogP contribution in [0.1, 0.15) is 11.3 Å². The molecule has 10 heteroatoms. The molecule has 0 atom stereocenters. The van der Waals surface area contributed by atoms with Crippen molar-refractivity contribution >= 4 is 11.6 Å². The van der Waals surface area contributed by atoms with Crippen molar-refractivity contribution in [2.45, 2.75) is 13.1 Å². The predicted molar refractivity (Wildman–Crippen MR) is 90.6 cm³/mol. The van der Waals surface area contributed by atoms with Gasteiger partial charge in [0.05, 0.1) is 11.4 Å². The Labute approximate surface area is 155 Å². The summed E-state index contributed by atoms with van der Waals surface area (Å²) < 4.78 is 59.5. The van der Waals surface area contributed by atoms with Crippen molar-refractivity contribution in [2.24, 2.45) is 0 Å². The zero-order valence-electron chi connectivity index (χ0n) is 14.3. The Balaban J connectivity index is 1.90. The van der Waals surface area contributed by atoms with Gasteiger partial charge in [-0.2, -0.15) is 18.3 Å². The number of aromatic nitrogens is 3. The van der Waals surface area contributed by atoms with Crippen LogP contribution in [0.5, 0.6) is 5.88 Å². The summed E-state index contributed by atoms with van der Waals surface area (Å²) in [6, 6.07) is 6.01. The van der Waals surface area contributed by atoms with Crippen LogP contribution in [0.15, 0.2) is 36.5 Å². The number of aryl methyl sites for hydroxylation is 1. The Morgan fingerprint density at radius 1 is 1.21 bits per heavy atom. The summed E-state index contributed by atoms with van der Waals surface area (Å²) in [5.41, 5.74) is 0.175. The standard InChI is InChI=1S/C18H12F4N4O2/c1-9-4-11(19)2-3-13(9)26-14(6-15(25-26)18(20,21)22)10-5-12-17(23-7-10)28-8-16(27)24-12/h2-7H,8H2,1H3,(H,24,27). The van der Waals surface area contributed by atoms with Crippen molar-refractivity contribution in [3.8, 4) is 22.8 Å². The summed E-state index contributed by atoms with van der Waals surface area (Å²) in [5.74, 6) is -0.741. The van der Waals surface area contributed by atoms with E-state index in [9.17, 15) is 22.4 Å². The second-order valence-electron chi connectivity index (χ2n) is 6.17. The summed E-state index contributed by atoms with van der Waals surface area (Å²) in [6.07, 6.45) is -3.35. The molecule has 1 aliphatic heterocycles. The Hall–Kier alpha value is -3.43. The zero-order chi connectivity index (χ0) is 20.1. The highest BCUT2D eigenvalue weighted by molar-refractivity contribution is 5.95. The topological polar surface area (TPSA) is 69.0 Å². The van der Waals surface area contributed by atoms with Crippen LogP contribution in [-0.4, -0.2) is 27.3 Å². The molecule has 3 aromatic rings. The highest BCUT2D eigenvalue weighted by atomic mass is 19.4. The van der Waals surface area contributed by atoms with E-state index in [2.05, 4.69) is 15.4 Å². The fourth-order valence-corrected chi connectivity index (χ4v) is 2.88. The molecule has 3 heterocycles. The Bertz CT molecular complexity index is 1090. The van der Waals surface area contributed by atoms with Crippen molar-refractivity contribution in [1.82, 2.24) is 14.8 Å². The van der Waals surface area contributed by atoms with E-state index in [1.807, 2.05) is 0 Å². The smallest absolute Gasteiger partial charge is 0.435 e. The van der Waals surface area contributed by atoms with Crippen LogP contribution in [0, 0.1) is 12.7 Å². The Kier molecular flexibility index (Phi) is 4.06. The van der Waals surface area contributed by atoms with Gasteiger partial charge in [0.1, 0.15) is 11.5 Å². The number of carbonyl (C=O) groups excluding carboxylic acids is 1. The lowest BCUT2D eigenvalue weighted by atomic mass is 10.1. The molecule has 0 saturated carbocycles. The minimum atomic E-state index is -4.67. The lowest BCUT2D eigenvalue weighted by Crippen LogP contribution is -2.26. The van der Waals surface area contributed by atoms with Crippen LogP contribution >= 0.6 is 0 Å². The van der Waals surface area contributed by atoms with Crippen molar-refractivity contribution in [1.29, 1.82) is 0 Å². The summed E-state index contributed by atoms with van der Waals surface area (Å²) in [6.45, 7) is 1.38. The van der Waals surface area contributed by atoms with E-state index < -0.39 is 23.6 Å². The number of anilines is 1. The minimum Gasteiger partial charge on any atom is -0.466 e. The number of nitrogens with zero attached hydrogens (tertiary/aromatic N) is 3. The number of alkyl halides is 3. The molecular formula is C18H12F4N4O2. The molecule has 0 bridgehead atoms. The third kappa shape index (κ3) is 3.17. The molecule has 2 aromatic heterocycles. The van der Waals surface area contributed by atoms with Gasteiger partial charge in [0, 0.05) is 11.8 Å². The molecule has 0 spiro atoms. The second kappa shape index (κ2) is 6.32. The van der Waals surface area contributed by atoms with E-state index in [0.29, 0.717) is 5.56 Å². The molecule has 1 amide bonds. The van der Waals surface area contributed by atoms with E-state index in [1.165, 1.54) is 24.4 Å². The summed E-state index contributed by atoms with van der Waals surface area (Å²) >= 11 is 0. The fraction of sp³-hybridized carbons (Fsp3) is 0.167. The van der Waals surface area contributed by atoms with E-state index >= 15 is 0 Å². The zero-order valence-corrected chi connectivity index (χ0v) is 14.3. The number of halogens is 4. The molecule has 0 fully saturated rings. The summed E-state index contributed by atoms with van der Waals surface area (Å²) in [7, 11) is 0. The molecule has 28 heavy (non-hydrogen) atoms. The SMILES string of the molecule is Cc1cc(F)ccc1-n1nc(C(F)(F)F)cc1-c1cnc2c(c1)NC(=O)CO2. The Morgan fingerprint density at radius 2 is 2.00 bits per heavy atom. The summed E-state index contributed by atoms with van der Waals surface area (Å²) in [5, 5.41) is 6.23.